The Labute approximate surface area is 181 Å². The summed E-state index contributed by atoms with van der Waals surface area (Å²) >= 11 is 0. The lowest BCUT2D eigenvalue weighted by atomic mass is 9.89. The number of piperidine rings is 1. The Morgan fingerprint density at radius 1 is 1.26 bits per heavy atom. The fraction of sp³-hybridized carbons (Fsp3) is 0.348. The molecule has 0 spiro atoms. The molecule has 1 aromatic carbocycles. The summed E-state index contributed by atoms with van der Waals surface area (Å²) in [6.07, 6.45) is 6.80. The third-order valence-corrected chi connectivity index (χ3v) is 5.78. The molecule has 1 aliphatic heterocycles. The van der Waals surface area contributed by atoms with Gasteiger partial charge in [-0.3, -0.25) is 4.79 Å². The molecule has 8 nitrogen and oxygen atoms in total. The number of anilines is 1. The van der Waals surface area contributed by atoms with Crippen LogP contribution in [0.1, 0.15) is 41.3 Å². The summed E-state index contributed by atoms with van der Waals surface area (Å²) in [5, 5.41) is 20.7. The van der Waals surface area contributed by atoms with Gasteiger partial charge in [-0.05, 0) is 49.9 Å². The average Bonchev–Trinajstić information content (AvgIpc) is 3.32. The zero-order valence-corrected chi connectivity index (χ0v) is 17.7. The lowest BCUT2D eigenvalue weighted by Gasteiger charge is -2.40. The number of nitrogens with zero attached hydrogens (tertiary/aromatic N) is 6. The molecule has 0 radical (unpaired) electrons. The maximum atomic E-state index is 13.7. The first-order valence-corrected chi connectivity index (χ1v) is 10.4. The maximum Gasteiger partial charge on any atom is 0.256 e. The molecule has 3 heterocycles. The van der Waals surface area contributed by atoms with Crippen LogP contribution >= 0.6 is 0 Å². The maximum absolute atomic E-state index is 13.7. The highest BCUT2D eigenvalue weighted by molar-refractivity contribution is 5.98. The second-order valence-electron chi connectivity index (χ2n) is 7.95. The Balaban J connectivity index is 1.58. The van der Waals surface area contributed by atoms with E-state index in [2.05, 4.69) is 33.5 Å². The highest BCUT2D eigenvalue weighted by Crippen LogP contribution is 2.27. The Morgan fingerprint density at radius 3 is 2.77 bits per heavy atom. The second kappa shape index (κ2) is 8.96. The lowest BCUT2D eigenvalue weighted by molar-refractivity contribution is 0.0539. The van der Waals surface area contributed by atoms with Gasteiger partial charge in [-0.15, -0.1) is 0 Å². The summed E-state index contributed by atoms with van der Waals surface area (Å²) in [6.45, 7) is 5.46. The van der Waals surface area contributed by atoms with Crippen molar-refractivity contribution in [1.82, 2.24) is 24.9 Å². The van der Waals surface area contributed by atoms with Crippen molar-refractivity contribution in [2.45, 2.75) is 32.7 Å². The molecule has 158 valence electrons. The van der Waals surface area contributed by atoms with Crippen LogP contribution in [-0.4, -0.2) is 49.9 Å². The molecule has 31 heavy (non-hydrogen) atoms. The number of carbonyl (C=O) groups excluding carboxylic acids is 1. The molecule has 2 aromatic heterocycles. The summed E-state index contributed by atoms with van der Waals surface area (Å²) in [4.78, 5) is 21.4. The van der Waals surface area contributed by atoms with Crippen molar-refractivity contribution < 1.29 is 4.79 Å². The zero-order valence-electron chi connectivity index (χ0n) is 17.7. The summed E-state index contributed by atoms with van der Waals surface area (Å²) in [5.41, 5.74) is 2.82. The monoisotopic (exact) mass is 415 g/mol. The lowest BCUT2D eigenvalue weighted by Crippen LogP contribution is -2.51. The number of aromatic nitrogens is 4. The number of likely N-dealkylation sites (tertiary alicyclic amines) is 1. The molecule has 0 bridgehead atoms. The minimum atomic E-state index is -0.0119. The summed E-state index contributed by atoms with van der Waals surface area (Å²) < 4.78 is 0. The minimum absolute atomic E-state index is 0.0119. The number of carbonyl (C=O) groups is 1. The minimum Gasteiger partial charge on any atom is -0.368 e. The SMILES string of the molecule is Cc1ccc(-n2nccn2)c(C(=O)N2CCCC(C)C2CNc2ccc(C#N)cn2)c1. The third kappa shape index (κ3) is 4.40. The van der Waals surface area contributed by atoms with Crippen molar-refractivity contribution in [3.8, 4) is 11.8 Å². The number of benzene rings is 1. The number of hydrogen-bond donors (Lipinski definition) is 1. The number of hydrogen-bond acceptors (Lipinski definition) is 6. The Bertz CT molecular complexity index is 1090. The predicted molar refractivity (Wildman–Crippen MR) is 117 cm³/mol. The molecule has 2 unspecified atom stereocenters. The number of pyridine rings is 1. The van der Waals surface area contributed by atoms with Gasteiger partial charge in [0.15, 0.2) is 0 Å². The van der Waals surface area contributed by atoms with E-state index in [1.54, 1.807) is 30.7 Å². The van der Waals surface area contributed by atoms with Gasteiger partial charge in [-0.2, -0.15) is 20.3 Å². The van der Waals surface area contributed by atoms with E-state index in [1.165, 1.54) is 4.80 Å². The van der Waals surface area contributed by atoms with Crippen LogP contribution in [0.15, 0.2) is 48.9 Å². The Morgan fingerprint density at radius 2 is 2.06 bits per heavy atom. The molecular formula is C23H25N7O. The van der Waals surface area contributed by atoms with Crippen LogP contribution in [0.3, 0.4) is 0 Å². The van der Waals surface area contributed by atoms with E-state index in [-0.39, 0.29) is 11.9 Å². The van der Waals surface area contributed by atoms with E-state index in [0.717, 1.165) is 18.4 Å². The van der Waals surface area contributed by atoms with Gasteiger partial charge < -0.3 is 10.2 Å². The van der Waals surface area contributed by atoms with Gasteiger partial charge in [0.1, 0.15) is 11.9 Å². The largest absolute Gasteiger partial charge is 0.368 e. The van der Waals surface area contributed by atoms with E-state index in [4.69, 9.17) is 5.26 Å². The van der Waals surface area contributed by atoms with Crippen molar-refractivity contribution in [2.75, 3.05) is 18.4 Å². The van der Waals surface area contributed by atoms with Crippen LogP contribution in [0.25, 0.3) is 5.69 Å². The molecule has 1 amide bonds. The molecule has 8 heteroatoms. The average molecular weight is 416 g/mol. The summed E-state index contributed by atoms with van der Waals surface area (Å²) in [7, 11) is 0. The molecular weight excluding hydrogens is 390 g/mol. The molecule has 1 fully saturated rings. The van der Waals surface area contributed by atoms with Crippen molar-refractivity contribution in [2.24, 2.45) is 5.92 Å². The molecule has 4 rings (SSSR count). The highest BCUT2D eigenvalue weighted by Gasteiger charge is 2.33. The first kappa shape index (κ1) is 20.5. The standard InChI is InChI=1S/C23H25N7O/c1-16-5-7-20(30-27-9-10-28-30)19(12-16)23(31)29-11-3-4-17(2)21(29)15-26-22-8-6-18(13-24)14-25-22/h5-10,12,14,17,21H,3-4,11,15H2,1-2H3,(H,25,26). The van der Waals surface area contributed by atoms with Gasteiger partial charge in [-0.25, -0.2) is 4.98 Å². The fourth-order valence-electron chi connectivity index (χ4n) is 4.08. The highest BCUT2D eigenvalue weighted by atomic mass is 16.2. The molecule has 3 aromatic rings. The first-order valence-electron chi connectivity index (χ1n) is 10.4. The quantitative estimate of drug-likeness (QED) is 0.687. The number of nitrogens with one attached hydrogen (secondary N) is 1. The van der Waals surface area contributed by atoms with Gasteiger partial charge >= 0.3 is 0 Å². The van der Waals surface area contributed by atoms with Gasteiger partial charge in [0.05, 0.1) is 35.2 Å². The van der Waals surface area contributed by atoms with Crippen LogP contribution in [-0.2, 0) is 0 Å². The van der Waals surface area contributed by atoms with Crippen LogP contribution < -0.4 is 5.32 Å². The molecule has 1 aliphatic rings. The normalized spacial score (nSPS) is 18.4. The predicted octanol–water partition coefficient (Wildman–Crippen LogP) is 3.20. The van der Waals surface area contributed by atoms with Crippen LogP contribution in [0.4, 0.5) is 5.82 Å². The van der Waals surface area contributed by atoms with E-state index >= 15 is 0 Å². The van der Waals surface area contributed by atoms with Gasteiger partial charge in [0.25, 0.3) is 5.91 Å². The van der Waals surface area contributed by atoms with Crippen LogP contribution in [0.5, 0.6) is 0 Å². The van der Waals surface area contributed by atoms with E-state index in [0.29, 0.717) is 41.6 Å². The number of rotatable bonds is 5. The molecule has 1 N–H and O–H groups in total. The number of aryl methyl sites for hydroxylation is 1. The van der Waals surface area contributed by atoms with Gasteiger partial charge in [0, 0.05) is 19.3 Å². The molecule has 0 saturated carbocycles. The summed E-state index contributed by atoms with van der Waals surface area (Å²) in [5.74, 6) is 1.03. The van der Waals surface area contributed by atoms with E-state index in [9.17, 15) is 4.79 Å². The van der Waals surface area contributed by atoms with Crippen molar-refractivity contribution in [1.29, 1.82) is 5.26 Å². The Hall–Kier alpha value is -3.73. The number of nitriles is 1. The molecule has 0 aliphatic carbocycles. The zero-order chi connectivity index (χ0) is 21.8. The van der Waals surface area contributed by atoms with Crippen LogP contribution in [0.2, 0.25) is 0 Å². The number of amides is 1. The second-order valence-corrected chi connectivity index (χ2v) is 7.95. The molecule has 2 atom stereocenters. The Kier molecular flexibility index (Phi) is 5.94. The third-order valence-electron chi connectivity index (χ3n) is 5.78. The van der Waals surface area contributed by atoms with E-state index in [1.807, 2.05) is 30.0 Å². The summed E-state index contributed by atoms with van der Waals surface area (Å²) in [6, 6.07) is 11.4. The molecule has 1 saturated heterocycles. The van der Waals surface area contributed by atoms with Crippen molar-refractivity contribution >= 4 is 11.7 Å². The van der Waals surface area contributed by atoms with Crippen LogP contribution in [0, 0.1) is 24.2 Å². The van der Waals surface area contributed by atoms with Crippen molar-refractivity contribution in [3.05, 3.63) is 65.6 Å². The van der Waals surface area contributed by atoms with Gasteiger partial charge in [0.2, 0.25) is 0 Å². The smallest absolute Gasteiger partial charge is 0.256 e. The van der Waals surface area contributed by atoms with E-state index < -0.39 is 0 Å². The fourth-order valence-corrected chi connectivity index (χ4v) is 4.08. The first-order chi connectivity index (χ1) is 15.1. The van der Waals surface area contributed by atoms with Crippen molar-refractivity contribution in [3.63, 3.8) is 0 Å². The van der Waals surface area contributed by atoms with Gasteiger partial charge in [-0.1, -0.05) is 18.6 Å². The topological polar surface area (TPSA) is 99.7 Å².